The molecule has 11 N–H and O–H groups in total. The largest absolute Gasteiger partial charge is 0.507 e. The number of nitrogens with zero attached hydrogens (tertiary/aromatic N) is 6. The first-order valence-corrected chi connectivity index (χ1v) is 14.0. The Morgan fingerprint density at radius 1 is 0.810 bits per heavy atom. The molecule has 14 heteroatoms. The lowest BCUT2D eigenvalue weighted by Crippen LogP contribution is -2.54. The van der Waals surface area contributed by atoms with Gasteiger partial charge >= 0.3 is 0 Å². The molecule has 1 aromatic heterocycles. The van der Waals surface area contributed by atoms with Gasteiger partial charge in [0.05, 0.1) is 5.56 Å². The molecule has 0 unspecified atom stereocenters. The Morgan fingerprint density at radius 2 is 1.31 bits per heavy atom. The van der Waals surface area contributed by atoms with Gasteiger partial charge in [-0.3, -0.25) is 4.79 Å². The van der Waals surface area contributed by atoms with Crippen molar-refractivity contribution in [2.45, 2.75) is 37.0 Å². The lowest BCUT2D eigenvalue weighted by Gasteiger charge is -2.37. The molecular formula is C28H40N12O2. The van der Waals surface area contributed by atoms with Crippen molar-refractivity contribution < 1.29 is 9.90 Å². The van der Waals surface area contributed by atoms with Crippen LogP contribution >= 0.6 is 0 Å². The number of nitrogens with two attached hydrogens (primary N) is 4. The van der Waals surface area contributed by atoms with E-state index in [9.17, 15) is 9.90 Å². The number of anilines is 6. The molecule has 0 saturated carbocycles. The highest BCUT2D eigenvalue weighted by molar-refractivity contribution is 6.06. The topological polar surface area (TPSA) is 214 Å². The second-order valence-corrected chi connectivity index (χ2v) is 11.3. The smallest absolute Gasteiger partial charge is 0.259 e. The highest BCUT2D eigenvalue weighted by atomic mass is 16.3. The third-order valence-corrected chi connectivity index (χ3v) is 7.35. The molecule has 2 aliphatic heterocycles. The van der Waals surface area contributed by atoms with Gasteiger partial charge in [-0.2, -0.15) is 15.0 Å². The molecule has 3 aromatic rings. The van der Waals surface area contributed by atoms with Gasteiger partial charge in [0.15, 0.2) is 0 Å². The van der Waals surface area contributed by atoms with Crippen molar-refractivity contribution in [3.05, 3.63) is 48.0 Å². The van der Waals surface area contributed by atoms with E-state index in [1.54, 1.807) is 42.5 Å². The summed E-state index contributed by atoms with van der Waals surface area (Å²) >= 11 is 0. The first-order valence-electron chi connectivity index (χ1n) is 14.0. The van der Waals surface area contributed by atoms with Gasteiger partial charge in [-0.15, -0.1) is 0 Å². The lowest BCUT2D eigenvalue weighted by molar-refractivity contribution is 0.102. The predicted molar refractivity (Wildman–Crippen MR) is 166 cm³/mol. The fourth-order valence-corrected chi connectivity index (χ4v) is 5.33. The van der Waals surface area contributed by atoms with Gasteiger partial charge in [0.25, 0.3) is 5.91 Å². The number of rotatable bonds is 7. The quantitative estimate of drug-likeness (QED) is 0.203. The summed E-state index contributed by atoms with van der Waals surface area (Å²) in [5.41, 5.74) is 27.2. The number of aromatic hydroxyl groups is 1. The van der Waals surface area contributed by atoms with Gasteiger partial charge in [0.1, 0.15) is 5.75 Å². The lowest BCUT2D eigenvalue weighted by atomic mass is 10.0. The van der Waals surface area contributed by atoms with Crippen LogP contribution in [0, 0.1) is 0 Å². The van der Waals surface area contributed by atoms with Gasteiger partial charge in [-0.05, 0) is 49.2 Å². The van der Waals surface area contributed by atoms with Crippen LogP contribution in [0.5, 0.6) is 5.75 Å². The van der Waals surface area contributed by atoms with Crippen molar-refractivity contribution in [2.75, 3.05) is 65.6 Å². The number of hydrogen-bond acceptors (Lipinski definition) is 13. The first kappa shape index (κ1) is 29.3. The predicted octanol–water partition coefficient (Wildman–Crippen LogP) is 0.369. The highest BCUT2D eigenvalue weighted by Crippen LogP contribution is 2.26. The maximum Gasteiger partial charge on any atom is 0.259 e. The highest BCUT2D eigenvalue weighted by Gasteiger charge is 2.28. The third-order valence-electron chi connectivity index (χ3n) is 7.35. The minimum atomic E-state index is -0.416. The molecule has 1 amide bonds. The van der Waals surface area contributed by atoms with E-state index in [2.05, 4.69) is 20.6 Å². The van der Waals surface area contributed by atoms with Crippen molar-refractivity contribution in [3.63, 3.8) is 0 Å². The van der Waals surface area contributed by atoms with Crippen LogP contribution in [0.15, 0.2) is 42.5 Å². The van der Waals surface area contributed by atoms with Gasteiger partial charge in [0.2, 0.25) is 17.8 Å². The van der Waals surface area contributed by atoms with Crippen LogP contribution in [0.2, 0.25) is 0 Å². The summed E-state index contributed by atoms with van der Waals surface area (Å²) in [6, 6.07) is 11.7. The molecular weight excluding hydrogens is 536 g/mol. The van der Waals surface area contributed by atoms with Gasteiger partial charge in [-0.1, -0.05) is 0 Å². The van der Waals surface area contributed by atoms with Crippen molar-refractivity contribution in [1.82, 2.24) is 15.0 Å². The number of phenols is 1. The molecule has 0 aliphatic carbocycles. The second kappa shape index (κ2) is 12.3. The Labute approximate surface area is 245 Å². The Kier molecular flexibility index (Phi) is 8.59. The third kappa shape index (κ3) is 6.97. The SMILES string of the molecule is CN(C)c1ccc(C(=O)Nc2ccc(Nc3nc(N4C[C@H](N)C[C@H](N)C4)nc(N4C[C@H](N)C[C@H](N)C4)n3)cc2)c(O)c1. The number of nitrogens with one attached hydrogen (secondary N) is 2. The molecule has 4 atom stereocenters. The molecule has 224 valence electrons. The maximum absolute atomic E-state index is 12.8. The monoisotopic (exact) mass is 576 g/mol. The summed E-state index contributed by atoms with van der Waals surface area (Å²) in [6.45, 7) is 2.32. The van der Waals surface area contributed by atoms with Gasteiger partial charge in [-0.25, -0.2) is 0 Å². The number of amides is 1. The molecule has 0 radical (unpaired) electrons. The van der Waals surface area contributed by atoms with E-state index in [-0.39, 0.29) is 35.5 Å². The van der Waals surface area contributed by atoms with Crippen LogP contribution in [-0.4, -0.2) is 90.4 Å². The number of carbonyl (C=O) groups excluding carboxylic acids is 1. The Hall–Kier alpha value is -4.24. The summed E-state index contributed by atoms with van der Waals surface area (Å²) in [7, 11) is 3.72. The zero-order valence-corrected chi connectivity index (χ0v) is 23.9. The molecule has 2 saturated heterocycles. The molecule has 42 heavy (non-hydrogen) atoms. The second-order valence-electron chi connectivity index (χ2n) is 11.3. The Bertz CT molecular complexity index is 1340. The molecule has 0 bridgehead atoms. The fourth-order valence-electron chi connectivity index (χ4n) is 5.33. The summed E-state index contributed by atoms with van der Waals surface area (Å²) in [4.78, 5) is 32.7. The van der Waals surface area contributed by atoms with Crippen LogP contribution in [0.1, 0.15) is 23.2 Å². The molecule has 14 nitrogen and oxygen atoms in total. The van der Waals surface area contributed by atoms with Crippen LogP contribution in [0.25, 0.3) is 0 Å². The average molecular weight is 577 g/mol. The number of hydrogen-bond donors (Lipinski definition) is 7. The van der Waals surface area contributed by atoms with E-state index in [4.69, 9.17) is 27.9 Å². The number of piperidine rings is 2. The molecule has 3 heterocycles. The standard InChI is InChI=1S/C28H40N12O2/c1-38(2)22-7-8-23(24(41)11-22)25(42)33-20-3-5-21(6-4-20)34-26-35-27(39-12-16(29)9-17(30)13-39)37-28(36-26)40-14-18(31)10-19(32)15-40/h3-8,11,16-19,41H,9-10,12-15,29-32H2,1-2H3,(H,33,42)(H,34,35,36,37)/t16-,17+,18-,19+. The van der Waals surface area contributed by atoms with Crippen molar-refractivity contribution in [3.8, 4) is 5.75 Å². The van der Waals surface area contributed by atoms with Crippen molar-refractivity contribution >= 4 is 40.8 Å². The number of phenolic OH excluding ortho intramolecular Hbond substituents is 1. The normalized spacial score (nSPS) is 22.5. The molecule has 5 rings (SSSR count). The van der Waals surface area contributed by atoms with Gasteiger partial charge in [0, 0.05) is 87.6 Å². The number of carbonyl (C=O) groups is 1. The zero-order valence-electron chi connectivity index (χ0n) is 23.9. The first-order chi connectivity index (χ1) is 20.0. The molecule has 2 fully saturated rings. The average Bonchev–Trinajstić information content (AvgIpc) is 2.92. The zero-order chi connectivity index (χ0) is 30.0. The molecule has 0 spiro atoms. The Morgan fingerprint density at radius 3 is 1.79 bits per heavy atom. The van der Waals surface area contributed by atoms with E-state index in [0.29, 0.717) is 55.4 Å². The van der Waals surface area contributed by atoms with Crippen LogP contribution in [-0.2, 0) is 0 Å². The van der Waals surface area contributed by atoms with Gasteiger partial charge < -0.3 is 53.4 Å². The summed E-state index contributed by atoms with van der Waals surface area (Å²) in [5, 5.41) is 16.4. The van der Waals surface area contributed by atoms with E-state index in [1.165, 1.54) is 0 Å². The minimum absolute atomic E-state index is 0.0854. The maximum atomic E-state index is 12.8. The number of benzene rings is 2. The van der Waals surface area contributed by atoms with E-state index in [0.717, 1.165) is 18.5 Å². The van der Waals surface area contributed by atoms with Crippen LogP contribution in [0.3, 0.4) is 0 Å². The summed E-state index contributed by atoms with van der Waals surface area (Å²) in [6.07, 6.45) is 1.47. The molecule has 2 aromatic carbocycles. The fraction of sp³-hybridized carbons (Fsp3) is 0.429. The summed E-state index contributed by atoms with van der Waals surface area (Å²) in [5.74, 6) is 0.790. The number of aromatic nitrogens is 3. The van der Waals surface area contributed by atoms with Crippen LogP contribution in [0.4, 0.5) is 34.9 Å². The van der Waals surface area contributed by atoms with E-state index >= 15 is 0 Å². The van der Waals surface area contributed by atoms with Crippen molar-refractivity contribution in [2.24, 2.45) is 22.9 Å². The Balaban J connectivity index is 1.34. The minimum Gasteiger partial charge on any atom is -0.507 e. The molecule has 2 aliphatic rings. The van der Waals surface area contributed by atoms with E-state index < -0.39 is 5.91 Å². The summed E-state index contributed by atoms with van der Waals surface area (Å²) < 4.78 is 0. The van der Waals surface area contributed by atoms with E-state index in [1.807, 2.05) is 28.8 Å². The van der Waals surface area contributed by atoms with Crippen LogP contribution < -0.4 is 48.3 Å². The van der Waals surface area contributed by atoms with Crippen molar-refractivity contribution in [1.29, 1.82) is 0 Å².